The van der Waals surface area contributed by atoms with Gasteiger partial charge in [-0.15, -0.1) is 0 Å². The minimum Gasteiger partial charge on any atom is -0.459 e. The molecule has 0 fully saturated rings. The van der Waals surface area contributed by atoms with Gasteiger partial charge in [-0.25, -0.2) is 4.79 Å². The molecule has 8 nitrogen and oxygen atoms in total. The topological polar surface area (TPSA) is 125 Å². The molecule has 0 radical (unpaired) electrons. The lowest BCUT2D eigenvalue weighted by Gasteiger charge is -2.29. The number of carbonyl (C=O) groups excluding carboxylic acids is 3. The summed E-state index contributed by atoms with van der Waals surface area (Å²) < 4.78 is 26.6. The first-order chi connectivity index (χ1) is 25.2. The molecular weight excluding hydrogens is 692 g/mol. The molecule has 1 amide bonds. The average Bonchev–Trinajstić information content (AvgIpc) is 3.19. The third kappa shape index (κ3) is 11.1. The molecule has 3 N–H and O–H groups in total. The molecule has 0 saturated heterocycles. The second-order valence-corrected chi connectivity index (χ2v) is 16.1. The van der Waals surface area contributed by atoms with Crippen molar-refractivity contribution in [3.8, 4) is 11.1 Å². The summed E-state index contributed by atoms with van der Waals surface area (Å²) in [5, 5.41) is 2.67. The minimum atomic E-state index is -3.81. The summed E-state index contributed by atoms with van der Waals surface area (Å²) in [7, 11) is -3.81. The number of hydrogen-bond donors (Lipinski definition) is 2. The maximum atomic E-state index is 14.9. The molecule has 5 aromatic rings. The normalized spacial score (nSPS) is 14.0. The van der Waals surface area contributed by atoms with Crippen molar-refractivity contribution in [1.29, 1.82) is 0 Å². The van der Waals surface area contributed by atoms with E-state index in [1.165, 1.54) is 0 Å². The fourth-order valence-corrected chi connectivity index (χ4v) is 8.85. The lowest BCUT2D eigenvalue weighted by Crippen LogP contribution is -2.44. The Morgan fingerprint density at radius 2 is 1.29 bits per heavy atom. The van der Waals surface area contributed by atoms with E-state index in [1.807, 2.05) is 97.1 Å². The second-order valence-electron chi connectivity index (χ2n) is 12.4. The number of benzene rings is 5. The first-order valence-corrected chi connectivity index (χ1v) is 20.0. The minimum absolute atomic E-state index is 0.0244. The average molecular weight is 735 g/mol. The van der Waals surface area contributed by atoms with E-state index in [2.05, 4.69) is 5.32 Å². The number of thioether (sulfide) groups is 1. The van der Waals surface area contributed by atoms with Crippen LogP contribution in [0.25, 0.3) is 11.1 Å². The van der Waals surface area contributed by atoms with Crippen molar-refractivity contribution in [3.63, 3.8) is 0 Å². The molecule has 268 valence electrons. The Labute approximate surface area is 309 Å². The summed E-state index contributed by atoms with van der Waals surface area (Å²) in [5.74, 6) is -2.75. The van der Waals surface area contributed by atoms with Crippen molar-refractivity contribution >= 4 is 36.1 Å². The SMILES string of the molecule is C[C@H](NC(=O)[C@H](Cc1ccc(-c2ccccc2)cc1)CP(=O)(OCCSC(=O)c1ccccc1)[C@@H](N)c1ccccc1)C(=O)OCc1ccccc1. The van der Waals surface area contributed by atoms with E-state index in [1.54, 1.807) is 55.5 Å². The highest BCUT2D eigenvalue weighted by molar-refractivity contribution is 8.14. The molecule has 10 heteroatoms. The molecule has 5 aromatic carbocycles. The standard InChI is InChI=1S/C42H43N2O6PS/c1-31(41(46)49-29-33-14-6-2-7-15-33)44-40(45)38(28-32-22-24-35(25-23-32)34-16-8-3-9-17-34)30-51(48,39(43)36-18-10-4-11-19-36)50-26-27-52-42(47)37-20-12-5-13-21-37/h2-25,31,38-39H,26-30,43H2,1H3,(H,44,45)/t31-,38+,39+,51?/m0/s1. The fraction of sp³-hybridized carbons (Fsp3) is 0.214. The van der Waals surface area contributed by atoms with Crippen LogP contribution in [-0.4, -0.2) is 41.6 Å². The quantitative estimate of drug-likeness (QED) is 0.0556. The summed E-state index contributed by atoms with van der Waals surface area (Å²) >= 11 is 1.06. The van der Waals surface area contributed by atoms with Crippen molar-refractivity contribution in [2.45, 2.75) is 31.8 Å². The molecule has 0 aliphatic carbocycles. The summed E-state index contributed by atoms with van der Waals surface area (Å²) in [6, 6.07) is 44.0. The Kier molecular flexibility index (Phi) is 14.2. The van der Waals surface area contributed by atoms with Gasteiger partial charge in [0.1, 0.15) is 18.4 Å². The zero-order valence-electron chi connectivity index (χ0n) is 29.0. The van der Waals surface area contributed by atoms with Crippen molar-refractivity contribution in [3.05, 3.63) is 168 Å². The Balaban J connectivity index is 1.35. The molecule has 0 heterocycles. The zero-order chi connectivity index (χ0) is 36.8. The molecule has 0 bridgehead atoms. The van der Waals surface area contributed by atoms with Crippen molar-refractivity contribution in [1.82, 2.24) is 5.32 Å². The van der Waals surface area contributed by atoms with E-state index in [0.717, 1.165) is 34.0 Å². The predicted molar refractivity (Wildman–Crippen MR) is 208 cm³/mol. The van der Waals surface area contributed by atoms with Gasteiger partial charge in [-0.2, -0.15) is 0 Å². The van der Waals surface area contributed by atoms with E-state index < -0.39 is 37.0 Å². The third-order valence-corrected chi connectivity index (χ3v) is 12.1. The number of nitrogens with two attached hydrogens (primary N) is 1. The molecule has 4 atom stereocenters. The van der Waals surface area contributed by atoms with Crippen LogP contribution in [0.5, 0.6) is 0 Å². The van der Waals surface area contributed by atoms with Crippen LogP contribution in [0.3, 0.4) is 0 Å². The molecular formula is C42H43N2O6PS. The smallest absolute Gasteiger partial charge is 0.328 e. The van der Waals surface area contributed by atoms with Gasteiger partial charge in [0.2, 0.25) is 18.4 Å². The number of nitrogens with one attached hydrogen (secondary N) is 1. The number of hydrogen-bond acceptors (Lipinski definition) is 8. The maximum Gasteiger partial charge on any atom is 0.328 e. The Hall–Kier alpha value is -4.79. The van der Waals surface area contributed by atoms with E-state index >= 15 is 0 Å². The van der Waals surface area contributed by atoms with Gasteiger partial charge in [-0.3, -0.25) is 14.2 Å². The van der Waals surface area contributed by atoms with Crippen LogP contribution in [0.15, 0.2) is 146 Å². The van der Waals surface area contributed by atoms with E-state index in [0.29, 0.717) is 11.1 Å². The summed E-state index contributed by atoms with van der Waals surface area (Å²) in [6.07, 6.45) is 0.0151. The van der Waals surface area contributed by atoms with Crippen molar-refractivity contribution in [2.24, 2.45) is 11.7 Å². The van der Waals surface area contributed by atoms with E-state index in [9.17, 15) is 18.9 Å². The first kappa shape index (κ1) is 38.4. The number of amides is 1. The lowest BCUT2D eigenvalue weighted by molar-refractivity contribution is -0.148. The Morgan fingerprint density at radius 1 is 0.731 bits per heavy atom. The molecule has 0 aliphatic rings. The molecule has 5 rings (SSSR count). The van der Waals surface area contributed by atoms with Crippen LogP contribution in [0.4, 0.5) is 0 Å². The van der Waals surface area contributed by atoms with Crippen LogP contribution in [0.1, 0.15) is 39.8 Å². The Bertz CT molecular complexity index is 1930. The maximum absolute atomic E-state index is 14.9. The third-order valence-electron chi connectivity index (χ3n) is 8.53. The summed E-state index contributed by atoms with van der Waals surface area (Å²) in [6.45, 7) is 1.60. The molecule has 52 heavy (non-hydrogen) atoms. The zero-order valence-corrected chi connectivity index (χ0v) is 30.7. The van der Waals surface area contributed by atoms with Crippen molar-refractivity contribution in [2.75, 3.05) is 18.5 Å². The number of ether oxygens (including phenoxy) is 1. The van der Waals surface area contributed by atoms with Gasteiger partial charge in [0, 0.05) is 17.5 Å². The predicted octanol–water partition coefficient (Wildman–Crippen LogP) is 8.29. The highest BCUT2D eigenvalue weighted by Crippen LogP contribution is 2.58. The van der Waals surface area contributed by atoms with Gasteiger partial charge >= 0.3 is 5.97 Å². The van der Waals surface area contributed by atoms with Gasteiger partial charge in [0.25, 0.3) is 0 Å². The van der Waals surface area contributed by atoms with E-state index in [4.69, 9.17) is 15.0 Å². The van der Waals surface area contributed by atoms with Crippen LogP contribution < -0.4 is 11.1 Å². The van der Waals surface area contributed by atoms with Gasteiger partial charge in [-0.05, 0) is 41.2 Å². The number of carbonyl (C=O) groups is 3. The van der Waals surface area contributed by atoms with Crippen LogP contribution >= 0.6 is 19.1 Å². The van der Waals surface area contributed by atoms with Crippen LogP contribution in [0, 0.1) is 5.92 Å². The number of esters is 1. The Morgan fingerprint density at radius 3 is 1.92 bits per heavy atom. The highest BCUT2D eigenvalue weighted by Gasteiger charge is 2.38. The molecule has 1 unspecified atom stereocenters. The number of rotatable bonds is 17. The second kappa shape index (κ2) is 19.2. The van der Waals surface area contributed by atoms with E-state index in [-0.39, 0.29) is 36.7 Å². The monoisotopic (exact) mass is 734 g/mol. The first-order valence-electron chi connectivity index (χ1n) is 17.1. The lowest BCUT2D eigenvalue weighted by atomic mass is 9.97. The molecule has 0 aromatic heterocycles. The molecule has 0 aliphatic heterocycles. The van der Waals surface area contributed by atoms with Crippen LogP contribution in [0.2, 0.25) is 0 Å². The fourth-order valence-electron chi connectivity index (χ4n) is 5.65. The summed E-state index contributed by atoms with van der Waals surface area (Å²) in [4.78, 5) is 39.7. The van der Waals surface area contributed by atoms with Gasteiger partial charge in [0.15, 0.2) is 0 Å². The molecule has 0 saturated carbocycles. The van der Waals surface area contributed by atoms with Crippen LogP contribution in [-0.2, 0) is 36.4 Å². The van der Waals surface area contributed by atoms with Gasteiger partial charge < -0.3 is 20.3 Å². The summed E-state index contributed by atoms with van der Waals surface area (Å²) in [5.41, 5.74) is 11.6. The van der Waals surface area contributed by atoms with Gasteiger partial charge in [-0.1, -0.05) is 157 Å². The highest BCUT2D eigenvalue weighted by atomic mass is 32.2. The molecule has 0 spiro atoms. The van der Waals surface area contributed by atoms with Gasteiger partial charge in [0.05, 0.1) is 12.5 Å². The largest absolute Gasteiger partial charge is 0.459 e. The van der Waals surface area contributed by atoms with Crippen molar-refractivity contribution < 1.29 is 28.2 Å².